The molecule has 0 rings (SSSR count). The molecule has 0 spiro atoms. The van der Waals surface area contributed by atoms with Crippen LogP contribution in [-0.4, -0.2) is 0 Å². The Kier molecular flexibility index (Phi) is 2.17. The van der Waals surface area contributed by atoms with Gasteiger partial charge in [-0.2, -0.15) is 0 Å². The summed E-state index contributed by atoms with van der Waals surface area (Å²) in [6.07, 6.45) is 0. The van der Waals surface area contributed by atoms with Gasteiger partial charge in [-0.05, 0) is 0 Å². The second-order valence-electron chi connectivity index (χ2n) is 2.38. The number of hydrogen-bond donors (Lipinski definition) is 0. The third-order valence-electron chi connectivity index (χ3n) is 0.375. The Bertz CT molecular complexity index is 70.9. The summed E-state index contributed by atoms with van der Waals surface area (Å²) in [5.41, 5.74) is 0.353. The van der Waals surface area contributed by atoms with Gasteiger partial charge < -0.3 is 0 Å². The molecule has 0 amide bonds. The summed E-state index contributed by atoms with van der Waals surface area (Å²) in [6.45, 7) is 6.50. The zero-order valence-electron chi connectivity index (χ0n) is 4.50. The topological polar surface area (TPSA) is 0 Å². The summed E-state index contributed by atoms with van der Waals surface area (Å²) >= 11 is 1.10. The molecule has 0 aliphatic heterocycles. The molecule has 0 nitrogen and oxygen atoms in total. The van der Waals surface area contributed by atoms with Crippen LogP contribution in [0.3, 0.4) is 0 Å². The van der Waals surface area contributed by atoms with Crippen molar-refractivity contribution < 1.29 is 20.4 Å². The van der Waals surface area contributed by atoms with Crippen LogP contribution in [0.1, 0.15) is 20.8 Å². The predicted molar refractivity (Wildman–Crippen MR) is 24.7 cm³/mol. The van der Waals surface area contributed by atoms with E-state index in [0.29, 0.717) is 5.41 Å². The molecule has 1 heteroatoms. The molecule has 0 fully saturated rings. The average Bonchev–Trinajstić information content (AvgIpc) is 1.35. The Morgan fingerprint density at radius 2 is 1.50 bits per heavy atom. The van der Waals surface area contributed by atoms with Crippen molar-refractivity contribution in [2.75, 3.05) is 0 Å². The van der Waals surface area contributed by atoms with E-state index in [-0.39, 0.29) is 0 Å². The molecule has 0 aliphatic carbocycles. The fourth-order valence-electron chi connectivity index (χ4n) is 0. The van der Waals surface area contributed by atoms with Gasteiger partial charge in [-0.1, -0.05) is 0 Å². The molecular formula is C5H10Ta. The molecule has 0 saturated carbocycles. The molecule has 0 atom stereocenters. The van der Waals surface area contributed by atoms with E-state index in [1.165, 1.54) is 0 Å². The first kappa shape index (κ1) is 6.52. The Balaban J connectivity index is 3.55. The molecule has 0 bridgehead atoms. The minimum absolute atomic E-state index is 0.353. The zero-order chi connectivity index (χ0) is 5.21. The van der Waals surface area contributed by atoms with Crippen LogP contribution in [0.2, 0.25) is 0 Å². The van der Waals surface area contributed by atoms with Gasteiger partial charge >= 0.3 is 50.6 Å². The Labute approximate surface area is 51.0 Å². The van der Waals surface area contributed by atoms with Crippen molar-refractivity contribution in [3.8, 4) is 4.03 Å². The van der Waals surface area contributed by atoms with Crippen LogP contribution >= 0.6 is 0 Å². The molecule has 0 radical (unpaired) electrons. The van der Waals surface area contributed by atoms with E-state index in [1.54, 1.807) is 0 Å². The predicted octanol–water partition coefficient (Wildman–Crippen LogP) is 1.27. The number of rotatable bonds is 0. The van der Waals surface area contributed by atoms with Gasteiger partial charge in [0.2, 0.25) is 0 Å². The normalized spacial score (nSPS) is 10.3. The van der Waals surface area contributed by atoms with E-state index in [1.807, 2.05) is 0 Å². The van der Waals surface area contributed by atoms with Gasteiger partial charge in [0.25, 0.3) is 0 Å². The Morgan fingerprint density at radius 1 is 1.33 bits per heavy atom. The van der Waals surface area contributed by atoms with Crippen LogP contribution in [0, 0.1) is 9.44 Å². The van der Waals surface area contributed by atoms with E-state index in [2.05, 4.69) is 24.8 Å². The molecule has 0 saturated heterocycles. The van der Waals surface area contributed by atoms with Crippen LogP contribution in [-0.2, 0) is 20.4 Å². The third kappa shape index (κ3) is 4.52. The van der Waals surface area contributed by atoms with Gasteiger partial charge in [-0.25, -0.2) is 0 Å². The van der Waals surface area contributed by atoms with Crippen molar-refractivity contribution in [2.45, 2.75) is 20.8 Å². The van der Waals surface area contributed by atoms with E-state index in [0.717, 1.165) is 20.4 Å². The van der Waals surface area contributed by atoms with Crippen LogP contribution in [0.5, 0.6) is 0 Å². The summed E-state index contributed by atoms with van der Waals surface area (Å²) in [4.78, 5) is 0. The van der Waals surface area contributed by atoms with Gasteiger partial charge in [0.1, 0.15) is 0 Å². The summed E-state index contributed by atoms with van der Waals surface area (Å²) in [7, 11) is 0. The molecule has 35 valence electrons. The van der Waals surface area contributed by atoms with Crippen LogP contribution < -0.4 is 0 Å². The van der Waals surface area contributed by atoms with E-state index in [9.17, 15) is 0 Å². The summed E-state index contributed by atoms with van der Waals surface area (Å²) < 4.78 is 3.24. The van der Waals surface area contributed by atoms with Crippen LogP contribution in [0.25, 0.3) is 0 Å². The van der Waals surface area contributed by atoms with Crippen molar-refractivity contribution in [2.24, 2.45) is 5.41 Å². The van der Waals surface area contributed by atoms with E-state index in [4.69, 9.17) is 0 Å². The maximum absolute atomic E-state index is 3.24. The van der Waals surface area contributed by atoms with Gasteiger partial charge in [-0.3, -0.25) is 0 Å². The molecule has 0 unspecified atom stereocenters. The van der Waals surface area contributed by atoms with Gasteiger partial charge in [0, 0.05) is 0 Å². The van der Waals surface area contributed by atoms with Crippen LogP contribution in [0.4, 0.5) is 0 Å². The molecule has 0 aromatic carbocycles. The maximum atomic E-state index is 3.24. The van der Waals surface area contributed by atoms with Gasteiger partial charge in [0.05, 0.1) is 0 Å². The zero-order valence-corrected chi connectivity index (χ0v) is 8.09. The van der Waals surface area contributed by atoms with Crippen molar-refractivity contribution in [1.82, 2.24) is 0 Å². The fourth-order valence-corrected chi connectivity index (χ4v) is 0. The summed E-state index contributed by atoms with van der Waals surface area (Å²) in [6, 6.07) is 0. The molecule has 0 aliphatic rings. The Hall–Kier alpha value is 0.520. The third-order valence-corrected chi connectivity index (χ3v) is 3.07. The first-order chi connectivity index (χ1) is 2.56. The second-order valence-corrected chi connectivity index (χ2v) is 3.27. The quantitative estimate of drug-likeness (QED) is 0.608. The van der Waals surface area contributed by atoms with Crippen molar-refractivity contribution >= 4 is 0 Å². The molecule has 0 heterocycles. The summed E-state index contributed by atoms with van der Waals surface area (Å²) in [5, 5.41) is 0. The monoisotopic (exact) mass is 251 g/mol. The Morgan fingerprint density at radius 3 is 1.50 bits per heavy atom. The minimum atomic E-state index is 0.353. The van der Waals surface area contributed by atoms with Crippen molar-refractivity contribution in [1.29, 1.82) is 0 Å². The van der Waals surface area contributed by atoms with Crippen molar-refractivity contribution in [3.05, 3.63) is 0 Å². The van der Waals surface area contributed by atoms with Crippen LogP contribution in [0.15, 0.2) is 0 Å². The molecule has 0 N–H and O–H groups in total. The van der Waals surface area contributed by atoms with E-state index < -0.39 is 0 Å². The average molecular weight is 251 g/mol. The molecule has 6 heavy (non-hydrogen) atoms. The first-order valence-corrected chi connectivity index (χ1v) is 3.80. The second kappa shape index (κ2) is 1.99. The van der Waals surface area contributed by atoms with Gasteiger partial charge in [-0.15, -0.1) is 0 Å². The standard InChI is InChI=1S/C5H9.Ta.H/c1-5(2,3)4;;/h1-3H3;;. The van der Waals surface area contributed by atoms with Crippen molar-refractivity contribution in [3.63, 3.8) is 0 Å². The SMILES string of the molecule is CC(C)(C)[C]#[TaH]. The summed E-state index contributed by atoms with van der Waals surface area (Å²) in [5.74, 6) is 0. The number of hydrogen-bond acceptors (Lipinski definition) is 0. The fraction of sp³-hybridized carbons (Fsp3) is 0.800. The van der Waals surface area contributed by atoms with Gasteiger partial charge in [0.15, 0.2) is 0 Å². The van der Waals surface area contributed by atoms with E-state index >= 15 is 0 Å². The molecular weight excluding hydrogens is 241 g/mol. The molecule has 0 aromatic heterocycles. The first-order valence-electron chi connectivity index (χ1n) is 2.00. The molecule has 0 aromatic rings.